The number of nitrogens with one attached hydrogen (secondary N) is 2. The van der Waals surface area contributed by atoms with Crippen LogP contribution < -0.4 is 15.4 Å². The number of anilines is 1. The molecular weight excluding hydrogens is 711 g/mol. The summed E-state index contributed by atoms with van der Waals surface area (Å²) in [5, 5.41) is 15.6. The van der Waals surface area contributed by atoms with Crippen LogP contribution in [-0.4, -0.2) is 41.3 Å². The molecule has 2 aliphatic heterocycles. The number of amides is 2. The Bertz CT molecular complexity index is 2120. The van der Waals surface area contributed by atoms with E-state index < -0.39 is 6.29 Å². The molecule has 0 aromatic heterocycles. The Balaban J connectivity index is 0.922. The van der Waals surface area contributed by atoms with Crippen LogP contribution in [0.2, 0.25) is 0 Å². The van der Waals surface area contributed by atoms with Crippen LogP contribution in [0, 0.1) is 16.7 Å². The maximum absolute atomic E-state index is 12.8. The van der Waals surface area contributed by atoms with Crippen molar-refractivity contribution in [1.29, 1.82) is 0 Å². The molecule has 2 amide bonds. The molecule has 5 aromatic carbocycles. The molecule has 3 fully saturated rings. The monoisotopic (exact) mass is 765 g/mol. The minimum absolute atomic E-state index is 0.00796. The molecule has 8 heteroatoms. The van der Waals surface area contributed by atoms with E-state index in [9.17, 15) is 9.90 Å². The van der Waals surface area contributed by atoms with Crippen molar-refractivity contribution in [3.05, 3.63) is 150 Å². The summed E-state index contributed by atoms with van der Waals surface area (Å²) in [4.78, 5) is 15.5. The van der Waals surface area contributed by atoms with Gasteiger partial charge in [0.05, 0.1) is 18.8 Å². The van der Waals surface area contributed by atoms with Gasteiger partial charge in [0.25, 0.3) is 0 Å². The van der Waals surface area contributed by atoms with Crippen LogP contribution in [0.4, 0.5) is 10.5 Å². The number of carbonyl (C=O) groups excluding carboxylic acids is 1. The highest BCUT2D eigenvalue weighted by Gasteiger charge is 2.51. The normalized spacial score (nSPS) is 25.5. The number of aliphatic hydroxyl groups excluding tert-OH is 1. The summed E-state index contributed by atoms with van der Waals surface area (Å²) in [6.07, 6.45) is 3.08. The first-order chi connectivity index (χ1) is 27.5. The molecule has 2 unspecified atom stereocenters. The van der Waals surface area contributed by atoms with Gasteiger partial charge in [-0.05, 0) is 100 Å². The predicted molar refractivity (Wildman–Crippen MR) is 225 cm³/mol. The van der Waals surface area contributed by atoms with E-state index in [0.29, 0.717) is 34.9 Å². The number of nitrogens with zero attached hydrogens (tertiary/aromatic N) is 1. The predicted octanol–water partition coefficient (Wildman–Crippen LogP) is 10.7. The Morgan fingerprint density at radius 2 is 1.51 bits per heavy atom. The van der Waals surface area contributed by atoms with Gasteiger partial charge in [-0.25, -0.2) is 4.79 Å². The van der Waals surface area contributed by atoms with Gasteiger partial charge in [0.15, 0.2) is 6.29 Å². The number of rotatable bonds is 11. The number of para-hydroxylation sites is 1. The minimum atomic E-state index is -0.515. The molecule has 2 saturated heterocycles. The SMILES string of the molecule is C[C@H]1[C@@H](CN2CC3(C)CC2CC(C)(C)C3)O[C@@H](c2ccc(-c3cccc(CNC(=O)Nc4ccc(Oc5ccccc5)cc4)c3)cc2)O[C@H]1c1ccc(CO)cc1. The Morgan fingerprint density at radius 1 is 0.789 bits per heavy atom. The quantitative estimate of drug-likeness (QED) is 0.124. The molecule has 8 nitrogen and oxygen atoms in total. The van der Waals surface area contributed by atoms with Crippen molar-refractivity contribution >= 4 is 11.7 Å². The molecule has 3 aliphatic rings. The van der Waals surface area contributed by atoms with Gasteiger partial charge in [-0.2, -0.15) is 0 Å². The molecule has 0 radical (unpaired) electrons. The molecule has 296 valence electrons. The lowest BCUT2D eigenvalue weighted by Crippen LogP contribution is -2.46. The zero-order valence-electron chi connectivity index (χ0n) is 33.5. The van der Waals surface area contributed by atoms with Crippen molar-refractivity contribution in [2.45, 2.75) is 84.6 Å². The smallest absolute Gasteiger partial charge is 0.319 e. The van der Waals surface area contributed by atoms with E-state index in [0.717, 1.165) is 52.2 Å². The van der Waals surface area contributed by atoms with Gasteiger partial charge in [0, 0.05) is 42.8 Å². The summed E-state index contributed by atoms with van der Waals surface area (Å²) in [6.45, 7) is 12.0. The highest BCUT2D eigenvalue weighted by atomic mass is 16.7. The molecule has 6 atom stereocenters. The number of ether oxygens (including phenoxy) is 3. The number of fused-ring (bicyclic) bond motifs is 2. The lowest BCUT2D eigenvalue weighted by atomic mass is 9.65. The van der Waals surface area contributed by atoms with Crippen LogP contribution in [0.5, 0.6) is 11.5 Å². The van der Waals surface area contributed by atoms with Crippen LogP contribution in [0.1, 0.15) is 81.6 Å². The van der Waals surface area contributed by atoms with Gasteiger partial charge in [-0.15, -0.1) is 0 Å². The van der Waals surface area contributed by atoms with E-state index in [1.807, 2.05) is 78.9 Å². The van der Waals surface area contributed by atoms with Gasteiger partial charge >= 0.3 is 6.03 Å². The van der Waals surface area contributed by atoms with Crippen molar-refractivity contribution in [2.75, 3.05) is 18.4 Å². The van der Waals surface area contributed by atoms with Crippen LogP contribution in [-0.2, 0) is 22.6 Å². The Hall–Kier alpha value is -4.99. The number of hydrogen-bond donors (Lipinski definition) is 3. The van der Waals surface area contributed by atoms with Gasteiger partial charge < -0.3 is 30.0 Å². The Morgan fingerprint density at radius 3 is 2.25 bits per heavy atom. The van der Waals surface area contributed by atoms with E-state index in [-0.39, 0.29) is 30.8 Å². The lowest BCUT2D eigenvalue weighted by molar-refractivity contribution is -0.276. The second kappa shape index (κ2) is 16.5. The molecule has 2 bridgehead atoms. The van der Waals surface area contributed by atoms with Crippen LogP contribution in [0.25, 0.3) is 11.1 Å². The van der Waals surface area contributed by atoms with E-state index in [4.69, 9.17) is 14.2 Å². The van der Waals surface area contributed by atoms with Gasteiger partial charge in [0.2, 0.25) is 0 Å². The summed E-state index contributed by atoms with van der Waals surface area (Å²) < 4.78 is 19.6. The third-order valence-corrected chi connectivity index (χ3v) is 12.0. The number of hydrogen-bond acceptors (Lipinski definition) is 6. The van der Waals surface area contributed by atoms with Crippen molar-refractivity contribution in [3.8, 4) is 22.6 Å². The number of urea groups is 1. The summed E-state index contributed by atoms with van der Waals surface area (Å²) in [5.41, 5.74) is 7.48. The molecule has 5 aromatic rings. The average molecular weight is 766 g/mol. The summed E-state index contributed by atoms with van der Waals surface area (Å²) in [5.74, 6) is 1.59. The Labute approximate surface area is 337 Å². The standard InChI is InChI=1S/C49H55N3O5/c1-33-44(29-52-32-49(4)27-41(52)26-48(2,3)31-49)56-46(57-45(33)37-15-13-34(30-53)14-16-37)38-19-17-36(18-20-38)39-10-8-9-35(25-39)28-50-47(54)51-40-21-23-43(24-22-40)55-42-11-6-5-7-12-42/h5-25,33,41,44-46,53H,26-32H2,1-4H3,(H2,50,51,54)/t33-,41?,44+,45+,46+,49?/m0/s1. The first kappa shape index (κ1) is 38.9. The molecule has 57 heavy (non-hydrogen) atoms. The molecule has 3 N–H and O–H groups in total. The average Bonchev–Trinajstić information content (AvgIpc) is 3.46. The zero-order valence-corrected chi connectivity index (χ0v) is 33.5. The fourth-order valence-corrected chi connectivity index (χ4v) is 9.63. The van der Waals surface area contributed by atoms with Crippen molar-refractivity contribution < 1.29 is 24.1 Å². The topological polar surface area (TPSA) is 92.3 Å². The lowest BCUT2D eigenvalue weighted by Gasteiger charge is -2.43. The van der Waals surface area contributed by atoms with Crippen LogP contribution >= 0.6 is 0 Å². The van der Waals surface area contributed by atoms with E-state index in [1.54, 1.807) is 0 Å². The number of benzene rings is 5. The maximum atomic E-state index is 12.8. The highest BCUT2D eigenvalue weighted by molar-refractivity contribution is 5.89. The summed E-state index contributed by atoms with van der Waals surface area (Å²) in [6, 6.07) is 42.0. The highest BCUT2D eigenvalue weighted by Crippen LogP contribution is 2.53. The first-order valence-corrected chi connectivity index (χ1v) is 20.3. The van der Waals surface area contributed by atoms with Crippen LogP contribution in [0.15, 0.2) is 127 Å². The van der Waals surface area contributed by atoms with Gasteiger partial charge in [-0.1, -0.05) is 113 Å². The molecule has 8 rings (SSSR count). The summed E-state index contributed by atoms with van der Waals surface area (Å²) >= 11 is 0. The second-order valence-electron chi connectivity index (χ2n) is 17.5. The van der Waals surface area contributed by atoms with Crippen molar-refractivity contribution in [1.82, 2.24) is 10.2 Å². The fraction of sp³-hybridized carbons (Fsp3) is 0.367. The second-order valence-corrected chi connectivity index (χ2v) is 17.5. The number of likely N-dealkylation sites (tertiary alicyclic amines) is 1. The molecule has 1 aliphatic carbocycles. The van der Waals surface area contributed by atoms with Crippen molar-refractivity contribution in [2.24, 2.45) is 16.7 Å². The van der Waals surface area contributed by atoms with E-state index >= 15 is 0 Å². The Kier molecular flexibility index (Phi) is 11.2. The van der Waals surface area contributed by atoms with E-state index in [1.165, 1.54) is 19.3 Å². The van der Waals surface area contributed by atoms with Crippen molar-refractivity contribution in [3.63, 3.8) is 0 Å². The van der Waals surface area contributed by atoms with E-state index in [2.05, 4.69) is 91.8 Å². The third kappa shape index (κ3) is 9.26. The first-order valence-electron chi connectivity index (χ1n) is 20.3. The fourth-order valence-electron chi connectivity index (χ4n) is 9.63. The third-order valence-electron chi connectivity index (χ3n) is 12.0. The molecule has 1 saturated carbocycles. The van der Waals surface area contributed by atoms with Gasteiger partial charge in [-0.3, -0.25) is 4.90 Å². The number of carbonyl (C=O) groups is 1. The molecular formula is C49H55N3O5. The van der Waals surface area contributed by atoms with Gasteiger partial charge in [0.1, 0.15) is 11.5 Å². The minimum Gasteiger partial charge on any atom is -0.457 e. The zero-order chi connectivity index (χ0) is 39.6. The largest absolute Gasteiger partial charge is 0.457 e. The summed E-state index contributed by atoms with van der Waals surface area (Å²) in [7, 11) is 0. The molecule has 0 spiro atoms. The number of aliphatic hydroxyl groups is 1. The maximum Gasteiger partial charge on any atom is 0.319 e. The van der Waals surface area contributed by atoms with Crippen LogP contribution in [0.3, 0.4) is 0 Å². The molecule has 2 heterocycles.